The number of fused-ring (bicyclic) bond motifs is 2. The predicted octanol–water partition coefficient (Wildman–Crippen LogP) is 3.09. The first-order valence-electron chi connectivity index (χ1n) is 7.82. The lowest BCUT2D eigenvalue weighted by Gasteiger charge is -2.34. The first-order valence-corrected chi connectivity index (χ1v) is 8.70. The van der Waals surface area contributed by atoms with Crippen LogP contribution in [-0.4, -0.2) is 36.0 Å². The van der Waals surface area contributed by atoms with Crippen LogP contribution in [0.5, 0.6) is 0 Å². The van der Waals surface area contributed by atoms with Crippen molar-refractivity contribution < 1.29 is 23.8 Å². The molecule has 1 fully saturated rings. The highest BCUT2D eigenvalue weighted by atomic mass is 32.2. The van der Waals surface area contributed by atoms with E-state index >= 15 is 0 Å². The first kappa shape index (κ1) is 17.0. The van der Waals surface area contributed by atoms with Gasteiger partial charge >= 0.3 is 11.9 Å². The summed E-state index contributed by atoms with van der Waals surface area (Å²) >= 11 is 1.72. The second-order valence-corrected chi connectivity index (χ2v) is 7.45. The topological polar surface area (TPSA) is 61.8 Å². The van der Waals surface area contributed by atoms with Crippen molar-refractivity contribution in [2.24, 2.45) is 0 Å². The predicted molar refractivity (Wildman–Crippen MR) is 89.4 cm³/mol. The van der Waals surface area contributed by atoms with Gasteiger partial charge in [0.15, 0.2) is 0 Å². The highest BCUT2D eigenvalue weighted by Crippen LogP contribution is 2.50. The molecule has 6 heteroatoms. The van der Waals surface area contributed by atoms with Gasteiger partial charge in [0.2, 0.25) is 0 Å². The third kappa shape index (κ3) is 3.21. The maximum absolute atomic E-state index is 12.2. The van der Waals surface area contributed by atoms with E-state index in [-0.39, 0.29) is 5.25 Å². The summed E-state index contributed by atoms with van der Waals surface area (Å²) in [5.74, 6) is -0.559. The van der Waals surface area contributed by atoms with Gasteiger partial charge < -0.3 is 14.2 Å². The van der Waals surface area contributed by atoms with Crippen molar-refractivity contribution in [2.75, 3.05) is 7.11 Å². The zero-order chi connectivity index (χ0) is 17.3. The van der Waals surface area contributed by atoms with E-state index in [1.807, 2.05) is 25.1 Å². The van der Waals surface area contributed by atoms with Gasteiger partial charge in [-0.25, -0.2) is 4.79 Å². The third-order valence-electron chi connectivity index (χ3n) is 4.35. The molecule has 2 bridgehead atoms. The Balaban J connectivity index is 1.88. The second-order valence-electron chi connectivity index (χ2n) is 6.17. The van der Waals surface area contributed by atoms with E-state index in [1.165, 1.54) is 14.0 Å². The number of carbonyl (C=O) groups excluding carboxylic acids is 2. The SMILES string of the molecule is COC(=O)C1=C(OC(C)=O)C[C@@]2(C)O[C@@H]1C[C@@H]2Sc1ccccc1. The molecule has 3 rings (SSSR count). The number of hydrogen-bond donors (Lipinski definition) is 0. The smallest absolute Gasteiger partial charge is 0.339 e. The normalized spacial score (nSPS) is 28.6. The van der Waals surface area contributed by atoms with E-state index in [0.29, 0.717) is 24.2 Å². The zero-order valence-electron chi connectivity index (χ0n) is 13.9. The molecule has 24 heavy (non-hydrogen) atoms. The van der Waals surface area contributed by atoms with E-state index in [0.717, 1.165) is 4.90 Å². The van der Waals surface area contributed by atoms with Crippen molar-refractivity contribution in [2.45, 2.75) is 48.5 Å². The monoisotopic (exact) mass is 348 g/mol. The molecule has 1 aromatic rings. The zero-order valence-corrected chi connectivity index (χ0v) is 14.7. The number of ether oxygens (including phenoxy) is 3. The molecule has 0 saturated carbocycles. The number of esters is 2. The molecule has 2 aliphatic heterocycles. The van der Waals surface area contributed by atoms with Crippen molar-refractivity contribution >= 4 is 23.7 Å². The van der Waals surface area contributed by atoms with Crippen LogP contribution in [0.25, 0.3) is 0 Å². The lowest BCUT2D eigenvalue weighted by molar-refractivity contribution is -0.143. The van der Waals surface area contributed by atoms with Crippen molar-refractivity contribution in [3.05, 3.63) is 41.7 Å². The summed E-state index contributed by atoms with van der Waals surface area (Å²) in [5, 5.41) is 0.151. The van der Waals surface area contributed by atoms with Crippen LogP contribution in [0.1, 0.15) is 26.7 Å². The average Bonchev–Trinajstić information content (AvgIpc) is 2.78. The molecule has 0 unspecified atom stereocenters. The molecule has 0 amide bonds. The summed E-state index contributed by atoms with van der Waals surface area (Å²) in [7, 11) is 1.32. The molecule has 1 saturated heterocycles. The van der Waals surface area contributed by atoms with Crippen LogP contribution in [0.2, 0.25) is 0 Å². The van der Waals surface area contributed by atoms with E-state index in [2.05, 4.69) is 12.1 Å². The van der Waals surface area contributed by atoms with Gasteiger partial charge in [-0.2, -0.15) is 0 Å². The van der Waals surface area contributed by atoms with Crippen LogP contribution >= 0.6 is 11.8 Å². The number of hydrogen-bond acceptors (Lipinski definition) is 6. The van der Waals surface area contributed by atoms with Gasteiger partial charge in [-0.3, -0.25) is 4.79 Å². The summed E-state index contributed by atoms with van der Waals surface area (Å²) in [4.78, 5) is 24.7. The molecule has 0 spiro atoms. The number of rotatable bonds is 4. The fourth-order valence-corrected chi connectivity index (χ4v) is 4.58. The molecule has 128 valence electrons. The van der Waals surface area contributed by atoms with Gasteiger partial charge in [-0.05, 0) is 25.5 Å². The Labute approximate surface area is 145 Å². The van der Waals surface area contributed by atoms with Gasteiger partial charge in [-0.15, -0.1) is 11.8 Å². The number of benzene rings is 1. The maximum atomic E-state index is 12.2. The molecule has 3 atom stereocenters. The average molecular weight is 348 g/mol. The molecule has 5 nitrogen and oxygen atoms in total. The van der Waals surface area contributed by atoms with E-state index in [9.17, 15) is 9.59 Å². The summed E-state index contributed by atoms with van der Waals surface area (Å²) in [6.07, 6.45) is 0.635. The molecule has 0 radical (unpaired) electrons. The summed E-state index contributed by atoms with van der Waals surface area (Å²) < 4.78 is 16.3. The van der Waals surface area contributed by atoms with E-state index in [4.69, 9.17) is 14.2 Å². The minimum atomic E-state index is -0.497. The first-order chi connectivity index (χ1) is 11.4. The fourth-order valence-electron chi connectivity index (χ4n) is 3.27. The van der Waals surface area contributed by atoms with Crippen LogP contribution in [0.15, 0.2) is 46.6 Å². The molecule has 2 heterocycles. The Hall–Kier alpha value is -1.79. The van der Waals surface area contributed by atoms with Crippen LogP contribution < -0.4 is 0 Å². The van der Waals surface area contributed by atoms with E-state index < -0.39 is 23.6 Å². The van der Waals surface area contributed by atoms with Crippen LogP contribution in [0.3, 0.4) is 0 Å². The van der Waals surface area contributed by atoms with Gasteiger partial charge in [0.05, 0.1) is 18.8 Å². The molecule has 2 aliphatic rings. The fraction of sp³-hybridized carbons (Fsp3) is 0.444. The highest BCUT2D eigenvalue weighted by Gasteiger charge is 2.53. The molecular weight excluding hydrogens is 328 g/mol. The standard InChI is InChI=1S/C18H20O5S/c1-11(19)22-14-10-18(2)15(24-12-7-5-4-6-8-12)9-13(23-18)16(14)17(20)21-3/h4-8,13,15H,9-10H2,1-3H3/t13-,15+,18-/m1/s1. The van der Waals surface area contributed by atoms with Gasteiger partial charge in [0.1, 0.15) is 11.3 Å². The molecule has 0 N–H and O–H groups in total. The minimum Gasteiger partial charge on any atom is -0.465 e. The Kier molecular flexibility index (Phi) is 4.69. The van der Waals surface area contributed by atoms with Gasteiger partial charge in [-0.1, -0.05) is 18.2 Å². The molecule has 1 aromatic carbocycles. The Morgan fingerprint density at radius 1 is 1.29 bits per heavy atom. The molecule has 0 aliphatic carbocycles. The number of carbonyl (C=O) groups is 2. The Morgan fingerprint density at radius 2 is 2.00 bits per heavy atom. The molecule has 0 aromatic heterocycles. The Morgan fingerprint density at radius 3 is 2.62 bits per heavy atom. The second kappa shape index (κ2) is 6.61. The quantitative estimate of drug-likeness (QED) is 0.779. The lowest BCUT2D eigenvalue weighted by atomic mass is 9.96. The number of thioether (sulfide) groups is 1. The Bertz CT molecular complexity index is 684. The van der Waals surface area contributed by atoms with Gasteiger partial charge in [0.25, 0.3) is 0 Å². The van der Waals surface area contributed by atoms with Crippen molar-refractivity contribution in [1.82, 2.24) is 0 Å². The van der Waals surface area contributed by atoms with Crippen molar-refractivity contribution in [3.63, 3.8) is 0 Å². The number of methoxy groups -OCH3 is 1. The third-order valence-corrected chi connectivity index (χ3v) is 5.87. The van der Waals surface area contributed by atoms with Crippen molar-refractivity contribution in [3.8, 4) is 0 Å². The maximum Gasteiger partial charge on any atom is 0.339 e. The highest BCUT2D eigenvalue weighted by molar-refractivity contribution is 8.00. The van der Waals surface area contributed by atoms with Crippen LogP contribution in [-0.2, 0) is 23.8 Å². The van der Waals surface area contributed by atoms with Crippen LogP contribution in [0.4, 0.5) is 0 Å². The largest absolute Gasteiger partial charge is 0.465 e. The minimum absolute atomic E-state index is 0.151. The summed E-state index contributed by atoms with van der Waals surface area (Å²) in [5.41, 5.74) is -0.158. The van der Waals surface area contributed by atoms with Gasteiger partial charge in [0, 0.05) is 23.5 Å². The molecular formula is C18H20O5S. The van der Waals surface area contributed by atoms with Crippen molar-refractivity contribution in [1.29, 1.82) is 0 Å². The van der Waals surface area contributed by atoms with E-state index in [1.54, 1.807) is 11.8 Å². The summed E-state index contributed by atoms with van der Waals surface area (Å²) in [6.45, 7) is 3.34. The van der Waals surface area contributed by atoms with Crippen LogP contribution in [0, 0.1) is 0 Å². The summed E-state index contributed by atoms with van der Waals surface area (Å²) in [6, 6.07) is 10.1. The lowest BCUT2D eigenvalue weighted by Crippen LogP contribution is -2.39.